The number of halogens is 1. The molecule has 1 aliphatic rings. The first-order valence-corrected chi connectivity index (χ1v) is 7.03. The van der Waals surface area contributed by atoms with Crippen molar-refractivity contribution in [3.05, 3.63) is 35.1 Å². The average molecular weight is 264 g/mol. The highest BCUT2D eigenvalue weighted by Crippen LogP contribution is 2.27. The van der Waals surface area contributed by atoms with Crippen LogP contribution in [0.25, 0.3) is 0 Å². The van der Waals surface area contributed by atoms with Crippen molar-refractivity contribution in [3.63, 3.8) is 0 Å². The molecule has 1 unspecified atom stereocenters. The number of aryl methyl sites for hydroxylation is 1. The zero-order chi connectivity index (χ0) is 13.8. The summed E-state index contributed by atoms with van der Waals surface area (Å²) in [6, 6.07) is 4.42. The van der Waals surface area contributed by atoms with Crippen LogP contribution in [0.15, 0.2) is 18.2 Å². The van der Waals surface area contributed by atoms with Gasteiger partial charge in [-0.25, -0.2) is 4.39 Å². The number of hydrogen-bond donors (Lipinski definition) is 1. The summed E-state index contributed by atoms with van der Waals surface area (Å²) in [5, 5.41) is 10.1. The molecule has 0 aliphatic heterocycles. The number of aliphatic hydroxyl groups is 1. The van der Waals surface area contributed by atoms with Gasteiger partial charge in [-0.3, -0.25) is 4.79 Å². The van der Waals surface area contributed by atoms with Gasteiger partial charge in [0.2, 0.25) is 0 Å². The van der Waals surface area contributed by atoms with Crippen molar-refractivity contribution in [2.24, 2.45) is 5.92 Å². The molecule has 1 atom stereocenters. The summed E-state index contributed by atoms with van der Waals surface area (Å²) >= 11 is 0. The van der Waals surface area contributed by atoms with Gasteiger partial charge in [0.25, 0.3) is 0 Å². The van der Waals surface area contributed by atoms with Crippen molar-refractivity contribution < 1.29 is 14.3 Å². The Balaban J connectivity index is 1.99. The van der Waals surface area contributed by atoms with Gasteiger partial charge in [0.05, 0.1) is 0 Å². The van der Waals surface area contributed by atoms with Crippen LogP contribution in [0.1, 0.15) is 43.2 Å². The smallest absolute Gasteiger partial charge is 0.165 e. The Morgan fingerprint density at radius 3 is 2.68 bits per heavy atom. The normalized spacial score (nSPS) is 18.3. The third kappa shape index (κ3) is 3.63. The van der Waals surface area contributed by atoms with Crippen LogP contribution >= 0.6 is 0 Å². The summed E-state index contributed by atoms with van der Waals surface area (Å²) < 4.78 is 13.0. The molecule has 2 rings (SSSR count). The van der Waals surface area contributed by atoms with E-state index in [1.165, 1.54) is 18.6 Å². The fourth-order valence-electron chi connectivity index (χ4n) is 2.86. The molecule has 19 heavy (non-hydrogen) atoms. The minimum Gasteiger partial charge on any atom is -0.385 e. The second kappa shape index (κ2) is 6.29. The fourth-order valence-corrected chi connectivity index (χ4v) is 2.86. The number of rotatable bonds is 4. The van der Waals surface area contributed by atoms with Crippen LogP contribution in [0.5, 0.6) is 0 Å². The second-order valence-corrected chi connectivity index (χ2v) is 5.56. The van der Waals surface area contributed by atoms with Gasteiger partial charge in [0.1, 0.15) is 11.9 Å². The molecule has 1 N–H and O–H groups in total. The lowest BCUT2D eigenvalue weighted by Gasteiger charge is -2.25. The van der Waals surface area contributed by atoms with Crippen molar-refractivity contribution in [2.45, 2.75) is 51.6 Å². The van der Waals surface area contributed by atoms with Gasteiger partial charge >= 0.3 is 0 Å². The molecule has 0 heterocycles. The Labute approximate surface area is 113 Å². The first-order valence-electron chi connectivity index (χ1n) is 7.03. The van der Waals surface area contributed by atoms with Crippen molar-refractivity contribution >= 4 is 5.78 Å². The number of benzene rings is 1. The SMILES string of the molecule is Cc1cc(F)ccc1CC(=O)C(O)C1CCCCC1. The summed E-state index contributed by atoms with van der Waals surface area (Å²) in [6.07, 6.45) is 4.63. The molecule has 3 heteroatoms. The molecule has 1 aliphatic carbocycles. The quantitative estimate of drug-likeness (QED) is 0.906. The third-order valence-electron chi connectivity index (χ3n) is 4.10. The number of carbonyl (C=O) groups is 1. The maximum Gasteiger partial charge on any atom is 0.165 e. The van der Waals surface area contributed by atoms with Crippen molar-refractivity contribution in [1.29, 1.82) is 0 Å². The predicted octanol–water partition coefficient (Wildman–Crippen LogP) is 3.19. The fraction of sp³-hybridized carbons (Fsp3) is 0.562. The maximum absolute atomic E-state index is 13.0. The van der Waals surface area contributed by atoms with Crippen LogP contribution in [-0.4, -0.2) is 17.0 Å². The number of carbonyl (C=O) groups excluding carboxylic acids is 1. The van der Waals surface area contributed by atoms with Gasteiger partial charge in [-0.15, -0.1) is 0 Å². The average Bonchev–Trinajstić information content (AvgIpc) is 2.42. The van der Waals surface area contributed by atoms with Crippen LogP contribution in [0.4, 0.5) is 4.39 Å². The summed E-state index contributed by atoms with van der Waals surface area (Å²) in [6.45, 7) is 1.79. The zero-order valence-electron chi connectivity index (χ0n) is 11.4. The van der Waals surface area contributed by atoms with E-state index >= 15 is 0 Å². The number of aliphatic hydroxyl groups excluding tert-OH is 1. The van der Waals surface area contributed by atoms with Gasteiger partial charge < -0.3 is 5.11 Å². The lowest BCUT2D eigenvalue weighted by Crippen LogP contribution is -2.32. The van der Waals surface area contributed by atoms with E-state index in [9.17, 15) is 14.3 Å². The minimum atomic E-state index is -0.857. The molecule has 104 valence electrons. The molecule has 2 nitrogen and oxygen atoms in total. The summed E-state index contributed by atoms with van der Waals surface area (Å²) in [5.74, 6) is -0.315. The molecule has 0 amide bonds. The monoisotopic (exact) mass is 264 g/mol. The molecular weight excluding hydrogens is 243 g/mol. The molecule has 0 saturated heterocycles. The van der Waals surface area contributed by atoms with Gasteiger partial charge in [0, 0.05) is 6.42 Å². The summed E-state index contributed by atoms with van der Waals surface area (Å²) in [5.41, 5.74) is 1.57. The maximum atomic E-state index is 13.0. The number of Topliss-reactive ketones (excluding diaryl/α,β-unsaturated/α-hetero) is 1. The van der Waals surface area contributed by atoms with E-state index in [1.807, 2.05) is 0 Å². The molecule has 0 bridgehead atoms. The highest BCUT2D eigenvalue weighted by atomic mass is 19.1. The first kappa shape index (κ1) is 14.2. The van der Waals surface area contributed by atoms with Crippen molar-refractivity contribution in [2.75, 3.05) is 0 Å². The molecule has 1 aromatic rings. The molecule has 0 aromatic heterocycles. The highest BCUT2D eigenvalue weighted by molar-refractivity contribution is 5.85. The van der Waals surface area contributed by atoms with E-state index in [4.69, 9.17) is 0 Å². The third-order valence-corrected chi connectivity index (χ3v) is 4.10. The van der Waals surface area contributed by atoms with E-state index in [-0.39, 0.29) is 23.9 Å². The van der Waals surface area contributed by atoms with E-state index in [0.29, 0.717) is 0 Å². The van der Waals surface area contributed by atoms with Crippen LogP contribution in [0, 0.1) is 18.7 Å². The van der Waals surface area contributed by atoms with Crippen molar-refractivity contribution in [1.82, 2.24) is 0 Å². The molecular formula is C16H21FO2. The molecule has 1 saturated carbocycles. The van der Waals surface area contributed by atoms with Gasteiger partial charge in [-0.1, -0.05) is 25.3 Å². The topological polar surface area (TPSA) is 37.3 Å². The molecule has 0 spiro atoms. The minimum absolute atomic E-state index is 0.113. The Kier molecular flexibility index (Phi) is 4.70. The first-order chi connectivity index (χ1) is 9.08. The predicted molar refractivity (Wildman–Crippen MR) is 72.4 cm³/mol. The lowest BCUT2D eigenvalue weighted by molar-refractivity contribution is -0.129. The number of hydrogen-bond acceptors (Lipinski definition) is 2. The van der Waals surface area contributed by atoms with Gasteiger partial charge in [-0.05, 0) is 48.9 Å². The lowest BCUT2D eigenvalue weighted by atomic mass is 9.82. The molecule has 1 aromatic carbocycles. The van der Waals surface area contributed by atoms with Crippen molar-refractivity contribution in [3.8, 4) is 0 Å². The van der Waals surface area contributed by atoms with Crippen LogP contribution < -0.4 is 0 Å². The molecule has 1 fully saturated rings. The standard InChI is InChI=1S/C16H21FO2/c1-11-9-14(17)8-7-13(11)10-15(18)16(19)12-5-3-2-4-6-12/h7-9,12,16,19H,2-6,10H2,1H3. The van der Waals surface area contributed by atoms with Crippen LogP contribution in [-0.2, 0) is 11.2 Å². The Morgan fingerprint density at radius 2 is 2.05 bits per heavy atom. The Morgan fingerprint density at radius 1 is 1.37 bits per heavy atom. The second-order valence-electron chi connectivity index (χ2n) is 5.56. The van der Waals surface area contributed by atoms with Gasteiger partial charge in [-0.2, -0.15) is 0 Å². The highest BCUT2D eigenvalue weighted by Gasteiger charge is 2.27. The zero-order valence-corrected chi connectivity index (χ0v) is 11.4. The van der Waals surface area contributed by atoms with E-state index in [1.54, 1.807) is 13.0 Å². The van der Waals surface area contributed by atoms with E-state index < -0.39 is 6.10 Å². The van der Waals surface area contributed by atoms with Gasteiger partial charge in [0.15, 0.2) is 5.78 Å². The summed E-state index contributed by atoms with van der Waals surface area (Å²) in [4.78, 5) is 12.1. The number of ketones is 1. The van der Waals surface area contributed by atoms with Crippen LogP contribution in [0.2, 0.25) is 0 Å². The largest absolute Gasteiger partial charge is 0.385 e. The Hall–Kier alpha value is -1.22. The summed E-state index contributed by atoms with van der Waals surface area (Å²) in [7, 11) is 0. The van der Waals surface area contributed by atoms with E-state index in [2.05, 4.69) is 0 Å². The van der Waals surface area contributed by atoms with Crippen LogP contribution in [0.3, 0.4) is 0 Å². The Bertz CT molecular complexity index is 450. The molecule has 0 radical (unpaired) electrons. The van der Waals surface area contributed by atoms with E-state index in [0.717, 1.165) is 36.8 Å².